The molecule has 1 aromatic carbocycles. The molecule has 2 N–H and O–H groups in total. The third kappa shape index (κ3) is 3.72. The highest BCUT2D eigenvalue weighted by molar-refractivity contribution is 5.28. The summed E-state index contributed by atoms with van der Waals surface area (Å²) in [6.45, 7) is 6.62. The molecular formula is C15H24N2O. The molecule has 0 saturated carbocycles. The fraction of sp³-hybridized carbons (Fsp3) is 0.600. The number of rotatable bonds is 5. The quantitative estimate of drug-likeness (QED) is 0.836. The summed E-state index contributed by atoms with van der Waals surface area (Å²) in [5.74, 6) is 0.941. The van der Waals surface area contributed by atoms with Gasteiger partial charge >= 0.3 is 0 Å². The summed E-state index contributed by atoms with van der Waals surface area (Å²) in [5, 5.41) is 7.15. The average molecular weight is 248 g/mol. The van der Waals surface area contributed by atoms with E-state index in [1.165, 1.54) is 12.0 Å². The van der Waals surface area contributed by atoms with E-state index >= 15 is 0 Å². The van der Waals surface area contributed by atoms with E-state index in [0.29, 0.717) is 6.04 Å². The molecule has 1 atom stereocenters. The second kappa shape index (κ2) is 5.72. The minimum Gasteiger partial charge on any atom is -0.497 e. The van der Waals surface area contributed by atoms with Crippen molar-refractivity contribution in [1.82, 2.24) is 10.6 Å². The van der Waals surface area contributed by atoms with Crippen LogP contribution < -0.4 is 15.4 Å². The van der Waals surface area contributed by atoms with Crippen LogP contribution in [-0.2, 0) is 6.42 Å². The van der Waals surface area contributed by atoms with Crippen molar-refractivity contribution in [2.24, 2.45) is 0 Å². The van der Waals surface area contributed by atoms with E-state index in [-0.39, 0.29) is 5.54 Å². The molecule has 0 aliphatic carbocycles. The molecule has 1 aliphatic rings. The zero-order chi connectivity index (χ0) is 13.0. The Labute approximate surface area is 110 Å². The molecule has 2 rings (SSSR count). The lowest BCUT2D eigenvalue weighted by molar-refractivity contribution is 0.414. The van der Waals surface area contributed by atoms with Crippen molar-refractivity contribution in [1.29, 1.82) is 0 Å². The number of ether oxygens (including phenoxy) is 1. The third-order valence-corrected chi connectivity index (χ3v) is 3.56. The van der Waals surface area contributed by atoms with Crippen molar-refractivity contribution in [3.63, 3.8) is 0 Å². The number of hydrogen-bond acceptors (Lipinski definition) is 3. The third-order valence-electron chi connectivity index (χ3n) is 3.56. The summed E-state index contributed by atoms with van der Waals surface area (Å²) in [6, 6.07) is 8.90. The first-order valence-corrected chi connectivity index (χ1v) is 6.70. The molecule has 100 valence electrons. The Hall–Kier alpha value is -1.06. The smallest absolute Gasteiger partial charge is 0.119 e. The Balaban J connectivity index is 1.75. The van der Waals surface area contributed by atoms with Gasteiger partial charge in [-0.05, 0) is 50.9 Å². The zero-order valence-electron chi connectivity index (χ0n) is 11.6. The van der Waals surface area contributed by atoms with E-state index in [9.17, 15) is 0 Å². The van der Waals surface area contributed by atoms with Crippen LogP contribution in [0, 0.1) is 0 Å². The predicted molar refractivity (Wildman–Crippen MR) is 75.2 cm³/mol. The predicted octanol–water partition coefficient (Wildman–Crippen LogP) is 1.97. The molecule has 1 unspecified atom stereocenters. The number of benzene rings is 1. The zero-order valence-corrected chi connectivity index (χ0v) is 11.6. The van der Waals surface area contributed by atoms with Crippen LogP contribution in [0.25, 0.3) is 0 Å². The Morgan fingerprint density at radius 1 is 1.44 bits per heavy atom. The summed E-state index contributed by atoms with van der Waals surface area (Å²) in [4.78, 5) is 0. The van der Waals surface area contributed by atoms with Gasteiger partial charge in [0.1, 0.15) is 5.75 Å². The largest absolute Gasteiger partial charge is 0.497 e. The van der Waals surface area contributed by atoms with E-state index < -0.39 is 0 Å². The van der Waals surface area contributed by atoms with Crippen molar-refractivity contribution in [3.05, 3.63) is 29.8 Å². The van der Waals surface area contributed by atoms with Crippen LogP contribution in [0.5, 0.6) is 5.75 Å². The van der Waals surface area contributed by atoms with Crippen LogP contribution in [0.1, 0.15) is 25.8 Å². The summed E-state index contributed by atoms with van der Waals surface area (Å²) in [7, 11) is 1.71. The summed E-state index contributed by atoms with van der Waals surface area (Å²) in [6.07, 6.45) is 2.25. The maximum Gasteiger partial charge on any atom is 0.119 e. The molecule has 0 spiro atoms. The van der Waals surface area contributed by atoms with Crippen LogP contribution >= 0.6 is 0 Å². The van der Waals surface area contributed by atoms with Gasteiger partial charge in [0, 0.05) is 18.1 Å². The van der Waals surface area contributed by atoms with Crippen LogP contribution in [0.4, 0.5) is 0 Å². The lowest BCUT2D eigenvalue weighted by Gasteiger charge is -2.17. The number of hydrogen-bond donors (Lipinski definition) is 2. The number of methoxy groups -OCH3 is 1. The van der Waals surface area contributed by atoms with E-state index in [1.807, 2.05) is 6.07 Å². The van der Waals surface area contributed by atoms with Crippen LogP contribution in [0.15, 0.2) is 24.3 Å². The van der Waals surface area contributed by atoms with Crippen molar-refractivity contribution in [2.75, 3.05) is 20.2 Å². The van der Waals surface area contributed by atoms with E-state index in [1.54, 1.807) is 7.11 Å². The minimum absolute atomic E-state index is 0.285. The van der Waals surface area contributed by atoms with Gasteiger partial charge < -0.3 is 15.4 Å². The Morgan fingerprint density at radius 2 is 2.28 bits per heavy atom. The molecule has 0 aromatic heterocycles. The fourth-order valence-corrected chi connectivity index (χ4v) is 2.55. The highest BCUT2D eigenvalue weighted by Gasteiger charge is 2.29. The minimum atomic E-state index is 0.285. The molecule has 0 amide bonds. The molecule has 1 aliphatic heterocycles. The molecule has 1 saturated heterocycles. The van der Waals surface area contributed by atoms with Gasteiger partial charge in [0.2, 0.25) is 0 Å². The van der Waals surface area contributed by atoms with Crippen molar-refractivity contribution >= 4 is 0 Å². The standard InChI is InChI=1S/C15H24N2O/c1-15(2)10-13(11-17-15)16-8-7-12-5-4-6-14(9-12)18-3/h4-6,9,13,16-17H,7-8,10-11H2,1-3H3. The fourth-order valence-electron chi connectivity index (χ4n) is 2.55. The monoisotopic (exact) mass is 248 g/mol. The van der Waals surface area contributed by atoms with E-state index in [4.69, 9.17) is 4.74 Å². The van der Waals surface area contributed by atoms with Crippen LogP contribution in [0.3, 0.4) is 0 Å². The lowest BCUT2D eigenvalue weighted by Crippen LogP contribution is -2.32. The summed E-state index contributed by atoms with van der Waals surface area (Å²) >= 11 is 0. The average Bonchev–Trinajstić information content (AvgIpc) is 2.69. The van der Waals surface area contributed by atoms with Gasteiger partial charge in [-0.25, -0.2) is 0 Å². The molecular weight excluding hydrogens is 224 g/mol. The Bertz CT molecular complexity index is 390. The Kier molecular flexibility index (Phi) is 4.25. The van der Waals surface area contributed by atoms with Crippen molar-refractivity contribution in [3.8, 4) is 5.75 Å². The van der Waals surface area contributed by atoms with Gasteiger partial charge in [0.05, 0.1) is 7.11 Å². The molecule has 3 heteroatoms. The van der Waals surface area contributed by atoms with Crippen molar-refractivity contribution in [2.45, 2.75) is 38.3 Å². The SMILES string of the molecule is COc1cccc(CCNC2CNC(C)(C)C2)c1. The molecule has 3 nitrogen and oxygen atoms in total. The highest BCUT2D eigenvalue weighted by Crippen LogP contribution is 2.18. The van der Waals surface area contributed by atoms with E-state index in [2.05, 4.69) is 42.7 Å². The molecule has 18 heavy (non-hydrogen) atoms. The maximum absolute atomic E-state index is 5.23. The van der Waals surface area contributed by atoms with Crippen LogP contribution in [-0.4, -0.2) is 31.8 Å². The normalized spacial score (nSPS) is 22.1. The van der Waals surface area contributed by atoms with Gasteiger partial charge in [-0.1, -0.05) is 12.1 Å². The highest BCUT2D eigenvalue weighted by atomic mass is 16.5. The second-order valence-corrected chi connectivity index (χ2v) is 5.72. The van der Waals surface area contributed by atoms with Crippen LogP contribution in [0.2, 0.25) is 0 Å². The van der Waals surface area contributed by atoms with Gasteiger partial charge in [-0.3, -0.25) is 0 Å². The first-order valence-electron chi connectivity index (χ1n) is 6.70. The van der Waals surface area contributed by atoms with Gasteiger partial charge in [0.15, 0.2) is 0 Å². The van der Waals surface area contributed by atoms with Gasteiger partial charge in [0.25, 0.3) is 0 Å². The molecule has 1 fully saturated rings. The van der Waals surface area contributed by atoms with E-state index in [0.717, 1.165) is 25.3 Å². The first-order chi connectivity index (χ1) is 8.59. The van der Waals surface area contributed by atoms with Gasteiger partial charge in [-0.2, -0.15) is 0 Å². The summed E-state index contributed by atoms with van der Waals surface area (Å²) < 4.78 is 5.23. The number of nitrogens with one attached hydrogen (secondary N) is 2. The van der Waals surface area contributed by atoms with Gasteiger partial charge in [-0.15, -0.1) is 0 Å². The Morgan fingerprint density at radius 3 is 2.94 bits per heavy atom. The maximum atomic E-state index is 5.23. The first kappa shape index (κ1) is 13.4. The molecule has 1 heterocycles. The summed E-state index contributed by atoms with van der Waals surface area (Å²) in [5.41, 5.74) is 1.61. The van der Waals surface area contributed by atoms with Crippen molar-refractivity contribution < 1.29 is 4.74 Å². The molecule has 0 bridgehead atoms. The topological polar surface area (TPSA) is 33.3 Å². The molecule has 1 aromatic rings. The second-order valence-electron chi connectivity index (χ2n) is 5.72. The molecule has 0 radical (unpaired) electrons. The lowest BCUT2D eigenvalue weighted by atomic mass is 10.0.